The van der Waals surface area contributed by atoms with E-state index in [2.05, 4.69) is 5.10 Å². The van der Waals surface area contributed by atoms with Crippen LogP contribution in [0.15, 0.2) is 29.4 Å². The molecule has 0 aliphatic rings. The van der Waals surface area contributed by atoms with Crippen LogP contribution in [0, 0.1) is 0 Å². The minimum absolute atomic E-state index is 0.0391. The number of benzene rings is 1. The molecule has 0 aliphatic heterocycles. The fraction of sp³-hybridized carbons (Fsp3) is 0.273. The highest BCUT2D eigenvalue weighted by Crippen LogP contribution is 2.10. The highest BCUT2D eigenvalue weighted by Gasteiger charge is 2.03. The molecule has 0 saturated carbocycles. The summed E-state index contributed by atoms with van der Waals surface area (Å²) in [5.41, 5.74) is 0.657. The maximum atomic E-state index is 11.6. The lowest BCUT2D eigenvalue weighted by molar-refractivity contribution is 0.100. The highest BCUT2D eigenvalue weighted by molar-refractivity contribution is 6.30. The van der Waals surface area contributed by atoms with Crippen molar-refractivity contribution in [1.82, 2.24) is 5.01 Å². The molecule has 0 heterocycles. The molecule has 4 heteroatoms. The summed E-state index contributed by atoms with van der Waals surface area (Å²) >= 11 is 5.72. The molecule has 1 aromatic carbocycles. The molecule has 0 aromatic heterocycles. The van der Waals surface area contributed by atoms with Gasteiger partial charge in [-0.05, 0) is 24.3 Å². The molecule has 0 amide bonds. The number of hydrogen-bond acceptors (Lipinski definition) is 3. The molecule has 1 aromatic rings. The van der Waals surface area contributed by atoms with E-state index < -0.39 is 0 Å². The lowest BCUT2D eigenvalue weighted by Crippen LogP contribution is -2.04. The van der Waals surface area contributed by atoms with Gasteiger partial charge in [-0.15, -0.1) is 0 Å². The van der Waals surface area contributed by atoms with E-state index in [-0.39, 0.29) is 5.78 Å². The third-order valence-corrected chi connectivity index (χ3v) is 2.01. The Bertz CT molecular complexity index is 357. The van der Waals surface area contributed by atoms with Gasteiger partial charge >= 0.3 is 0 Å². The highest BCUT2D eigenvalue weighted by atomic mass is 35.5. The molecule has 0 aliphatic carbocycles. The van der Waals surface area contributed by atoms with Crippen LogP contribution >= 0.6 is 11.6 Å². The predicted octanol–water partition coefficient (Wildman–Crippen LogP) is 2.46. The first kappa shape index (κ1) is 11.7. The van der Waals surface area contributed by atoms with E-state index in [1.165, 1.54) is 0 Å². The number of rotatable bonds is 4. The quantitative estimate of drug-likeness (QED) is 0.447. The summed E-state index contributed by atoms with van der Waals surface area (Å²) in [4.78, 5) is 11.6. The lowest BCUT2D eigenvalue weighted by atomic mass is 10.1. The van der Waals surface area contributed by atoms with Gasteiger partial charge in [0, 0.05) is 37.3 Å². The third kappa shape index (κ3) is 4.13. The number of hydrazone groups is 1. The number of carbonyl (C=O) groups excluding carboxylic acids is 1. The molecule has 0 saturated heterocycles. The van der Waals surface area contributed by atoms with Gasteiger partial charge in [0.15, 0.2) is 5.78 Å². The van der Waals surface area contributed by atoms with Gasteiger partial charge in [0.2, 0.25) is 0 Å². The maximum Gasteiger partial charge on any atom is 0.168 e. The Morgan fingerprint density at radius 2 is 2.00 bits per heavy atom. The van der Waals surface area contributed by atoms with Gasteiger partial charge in [0.05, 0.1) is 0 Å². The van der Waals surface area contributed by atoms with Gasteiger partial charge in [-0.2, -0.15) is 5.10 Å². The molecule has 0 spiro atoms. The molecule has 0 N–H and O–H groups in total. The number of carbonyl (C=O) groups is 1. The van der Waals surface area contributed by atoms with E-state index in [0.29, 0.717) is 17.0 Å². The summed E-state index contributed by atoms with van der Waals surface area (Å²) in [6, 6.07) is 6.85. The van der Waals surface area contributed by atoms with E-state index in [4.69, 9.17) is 11.6 Å². The van der Waals surface area contributed by atoms with Gasteiger partial charge in [0.1, 0.15) is 0 Å². The number of nitrogens with zero attached hydrogens (tertiary/aromatic N) is 2. The van der Waals surface area contributed by atoms with Gasteiger partial charge in [-0.1, -0.05) is 11.6 Å². The van der Waals surface area contributed by atoms with Crippen molar-refractivity contribution in [2.75, 3.05) is 14.1 Å². The minimum atomic E-state index is 0.0391. The van der Waals surface area contributed by atoms with Crippen LogP contribution in [0.1, 0.15) is 16.8 Å². The monoisotopic (exact) mass is 224 g/mol. The molecule has 0 atom stereocenters. The van der Waals surface area contributed by atoms with E-state index in [1.54, 1.807) is 35.5 Å². The molecular formula is C11H13ClN2O. The predicted molar refractivity (Wildman–Crippen MR) is 62.6 cm³/mol. The summed E-state index contributed by atoms with van der Waals surface area (Å²) in [5.74, 6) is 0.0391. The molecule has 0 fully saturated rings. The average Bonchev–Trinajstić information content (AvgIpc) is 2.18. The lowest BCUT2D eigenvalue weighted by Gasteiger charge is -2.02. The van der Waals surface area contributed by atoms with Crippen molar-refractivity contribution in [1.29, 1.82) is 0 Å². The number of ketones is 1. The van der Waals surface area contributed by atoms with Crippen LogP contribution in [0.25, 0.3) is 0 Å². The second-order valence-corrected chi connectivity index (χ2v) is 3.72. The first-order chi connectivity index (χ1) is 7.09. The van der Waals surface area contributed by atoms with E-state index >= 15 is 0 Å². The van der Waals surface area contributed by atoms with Crippen LogP contribution in [-0.2, 0) is 0 Å². The van der Waals surface area contributed by atoms with Crippen LogP contribution in [0.5, 0.6) is 0 Å². The summed E-state index contributed by atoms with van der Waals surface area (Å²) in [5, 5.41) is 6.25. The topological polar surface area (TPSA) is 32.7 Å². The average molecular weight is 225 g/mol. The summed E-state index contributed by atoms with van der Waals surface area (Å²) < 4.78 is 0. The Morgan fingerprint density at radius 1 is 1.40 bits per heavy atom. The fourth-order valence-electron chi connectivity index (χ4n) is 1.04. The SMILES string of the molecule is CN(C)/N=C/CC(=O)c1ccc(Cl)cc1. The number of halogens is 1. The summed E-state index contributed by atoms with van der Waals surface area (Å²) in [7, 11) is 3.62. The van der Waals surface area contributed by atoms with Crippen molar-refractivity contribution in [2.24, 2.45) is 5.10 Å². The van der Waals surface area contributed by atoms with E-state index in [0.717, 1.165) is 0 Å². The van der Waals surface area contributed by atoms with Crippen LogP contribution in [0.4, 0.5) is 0 Å². The molecular weight excluding hydrogens is 212 g/mol. The molecule has 3 nitrogen and oxygen atoms in total. The van der Waals surface area contributed by atoms with Crippen molar-refractivity contribution >= 4 is 23.6 Å². The minimum Gasteiger partial charge on any atom is -0.303 e. The molecule has 0 bridgehead atoms. The Hall–Kier alpha value is -1.35. The molecule has 80 valence electrons. The first-order valence-corrected chi connectivity index (χ1v) is 4.96. The zero-order valence-electron chi connectivity index (χ0n) is 8.77. The molecule has 0 unspecified atom stereocenters. The molecule has 1 rings (SSSR count). The largest absolute Gasteiger partial charge is 0.303 e. The number of Topliss-reactive ketones (excluding diaryl/α,β-unsaturated/α-hetero) is 1. The second-order valence-electron chi connectivity index (χ2n) is 3.28. The van der Waals surface area contributed by atoms with Gasteiger partial charge in [0.25, 0.3) is 0 Å². The first-order valence-electron chi connectivity index (χ1n) is 4.58. The normalized spacial score (nSPS) is 10.6. The maximum absolute atomic E-state index is 11.6. The molecule has 0 radical (unpaired) electrons. The Morgan fingerprint density at radius 3 is 2.53 bits per heavy atom. The summed E-state index contributed by atoms with van der Waals surface area (Å²) in [6.45, 7) is 0. The summed E-state index contributed by atoms with van der Waals surface area (Å²) in [6.07, 6.45) is 1.90. The second kappa shape index (κ2) is 5.51. The molecule has 15 heavy (non-hydrogen) atoms. The van der Waals surface area contributed by atoms with Crippen molar-refractivity contribution in [2.45, 2.75) is 6.42 Å². The van der Waals surface area contributed by atoms with E-state index in [9.17, 15) is 4.79 Å². The zero-order valence-corrected chi connectivity index (χ0v) is 9.53. The van der Waals surface area contributed by atoms with Crippen molar-refractivity contribution in [3.05, 3.63) is 34.9 Å². The van der Waals surface area contributed by atoms with Crippen LogP contribution in [0.3, 0.4) is 0 Å². The van der Waals surface area contributed by atoms with Gasteiger partial charge in [-0.25, -0.2) is 0 Å². The van der Waals surface area contributed by atoms with Crippen LogP contribution in [0.2, 0.25) is 5.02 Å². The number of hydrogen-bond donors (Lipinski definition) is 0. The Kier molecular flexibility index (Phi) is 4.31. The smallest absolute Gasteiger partial charge is 0.168 e. The zero-order chi connectivity index (χ0) is 11.3. The third-order valence-electron chi connectivity index (χ3n) is 1.76. The van der Waals surface area contributed by atoms with Gasteiger partial charge < -0.3 is 5.01 Å². The van der Waals surface area contributed by atoms with Crippen molar-refractivity contribution in [3.63, 3.8) is 0 Å². The standard InChI is InChI=1S/C11H13ClN2O/c1-14(2)13-8-7-11(15)9-3-5-10(12)6-4-9/h3-6,8H,7H2,1-2H3/b13-8+. The Labute approximate surface area is 94.3 Å². The Balaban J connectivity index is 2.58. The van der Waals surface area contributed by atoms with E-state index in [1.807, 2.05) is 14.1 Å². The van der Waals surface area contributed by atoms with Crippen molar-refractivity contribution < 1.29 is 4.79 Å². The van der Waals surface area contributed by atoms with Crippen molar-refractivity contribution in [3.8, 4) is 0 Å². The van der Waals surface area contributed by atoms with Crippen LogP contribution in [-0.4, -0.2) is 31.1 Å². The van der Waals surface area contributed by atoms with Gasteiger partial charge in [-0.3, -0.25) is 4.79 Å². The fourth-order valence-corrected chi connectivity index (χ4v) is 1.17. The van der Waals surface area contributed by atoms with Crippen LogP contribution < -0.4 is 0 Å².